The maximum atomic E-state index is 12.6. The molecule has 3 heteroatoms. The zero-order valence-electron chi connectivity index (χ0n) is 12.6. The summed E-state index contributed by atoms with van der Waals surface area (Å²) in [6.45, 7) is 3.87. The van der Waals surface area contributed by atoms with Crippen LogP contribution < -0.4 is 0 Å². The number of hydrogen-bond acceptors (Lipinski definition) is 2. The van der Waals surface area contributed by atoms with Gasteiger partial charge in [0.1, 0.15) is 0 Å². The van der Waals surface area contributed by atoms with E-state index in [1.165, 1.54) is 12.8 Å². The van der Waals surface area contributed by atoms with Crippen LogP contribution in [0.4, 0.5) is 0 Å². The van der Waals surface area contributed by atoms with Crippen molar-refractivity contribution >= 4 is 5.91 Å². The molecule has 1 aliphatic carbocycles. The van der Waals surface area contributed by atoms with Crippen molar-refractivity contribution in [1.29, 1.82) is 0 Å². The van der Waals surface area contributed by atoms with Gasteiger partial charge in [-0.1, -0.05) is 24.8 Å². The van der Waals surface area contributed by atoms with Crippen LogP contribution in [-0.4, -0.2) is 35.6 Å². The first-order chi connectivity index (χ1) is 10.2. The van der Waals surface area contributed by atoms with Crippen molar-refractivity contribution in [3.8, 4) is 11.8 Å². The number of benzene rings is 1. The van der Waals surface area contributed by atoms with Crippen LogP contribution >= 0.6 is 0 Å². The fraction of sp³-hybridized carbons (Fsp3) is 0.500. The number of aliphatic hydroxyl groups excluding tert-OH is 1. The van der Waals surface area contributed by atoms with Gasteiger partial charge in [-0.05, 0) is 43.4 Å². The summed E-state index contributed by atoms with van der Waals surface area (Å²) in [4.78, 5) is 14.6. The number of amides is 1. The number of aliphatic hydroxyl groups is 1. The highest BCUT2D eigenvalue weighted by atomic mass is 16.2. The van der Waals surface area contributed by atoms with Gasteiger partial charge in [0, 0.05) is 30.6 Å². The molecule has 1 aliphatic rings. The largest absolute Gasteiger partial charge is 0.395 e. The Morgan fingerprint density at radius 3 is 2.90 bits per heavy atom. The summed E-state index contributed by atoms with van der Waals surface area (Å²) >= 11 is 0. The van der Waals surface area contributed by atoms with Crippen molar-refractivity contribution in [1.82, 2.24) is 4.90 Å². The Morgan fingerprint density at radius 1 is 1.43 bits per heavy atom. The maximum absolute atomic E-state index is 12.6. The molecule has 0 unspecified atom stereocenters. The Morgan fingerprint density at radius 2 is 2.24 bits per heavy atom. The summed E-state index contributed by atoms with van der Waals surface area (Å²) in [5, 5.41) is 8.75. The summed E-state index contributed by atoms with van der Waals surface area (Å²) in [7, 11) is 0. The number of rotatable bonds is 6. The molecule has 0 atom stereocenters. The van der Waals surface area contributed by atoms with Gasteiger partial charge < -0.3 is 10.0 Å². The minimum Gasteiger partial charge on any atom is -0.395 e. The number of carbonyl (C=O) groups is 1. The smallest absolute Gasteiger partial charge is 0.253 e. The van der Waals surface area contributed by atoms with Gasteiger partial charge in [-0.3, -0.25) is 4.79 Å². The molecule has 112 valence electrons. The predicted molar refractivity (Wildman–Crippen MR) is 83.9 cm³/mol. The highest BCUT2D eigenvalue weighted by molar-refractivity contribution is 5.94. The van der Waals surface area contributed by atoms with E-state index in [0.717, 1.165) is 25.1 Å². The lowest BCUT2D eigenvalue weighted by Gasteiger charge is -2.22. The molecule has 1 N–H and O–H groups in total. The third kappa shape index (κ3) is 4.91. The van der Waals surface area contributed by atoms with Gasteiger partial charge in [0.25, 0.3) is 5.91 Å². The zero-order chi connectivity index (χ0) is 15.1. The Balaban J connectivity index is 2.09. The SMILES string of the molecule is CCCN(CC1CC1)C(=O)c1cccc(C#CCCO)c1. The summed E-state index contributed by atoms with van der Waals surface area (Å²) in [6, 6.07) is 7.47. The molecule has 1 amide bonds. The minimum absolute atomic E-state index is 0.0668. The molecule has 1 aromatic carbocycles. The Hall–Kier alpha value is -1.79. The quantitative estimate of drug-likeness (QED) is 0.816. The van der Waals surface area contributed by atoms with E-state index in [0.29, 0.717) is 17.9 Å². The van der Waals surface area contributed by atoms with Crippen molar-refractivity contribution < 1.29 is 9.90 Å². The third-order valence-corrected chi connectivity index (χ3v) is 3.54. The van der Waals surface area contributed by atoms with E-state index in [1.54, 1.807) is 0 Å². The lowest BCUT2D eigenvalue weighted by Crippen LogP contribution is -2.33. The van der Waals surface area contributed by atoms with Crippen LogP contribution in [0.15, 0.2) is 24.3 Å². The van der Waals surface area contributed by atoms with E-state index in [1.807, 2.05) is 29.2 Å². The average molecular weight is 285 g/mol. The van der Waals surface area contributed by atoms with Gasteiger partial charge in [-0.25, -0.2) is 0 Å². The second kappa shape index (κ2) is 7.85. The number of carbonyl (C=O) groups excluding carboxylic acids is 1. The standard InChI is InChI=1S/C18H23NO2/c1-2-11-19(14-16-9-10-16)18(21)17-8-5-7-15(13-17)6-3-4-12-20/h5,7-8,13,16,20H,2,4,9-12,14H2,1H3. The molecule has 0 aliphatic heterocycles. The molecule has 0 heterocycles. The lowest BCUT2D eigenvalue weighted by atomic mass is 10.1. The first-order valence-electron chi connectivity index (χ1n) is 7.73. The van der Waals surface area contributed by atoms with E-state index < -0.39 is 0 Å². The average Bonchev–Trinajstić information content (AvgIpc) is 3.31. The summed E-state index contributed by atoms with van der Waals surface area (Å²) in [5.41, 5.74) is 1.54. The number of nitrogens with zero attached hydrogens (tertiary/aromatic N) is 1. The predicted octanol–water partition coefficient (Wildman–Crippen LogP) is 2.68. The van der Waals surface area contributed by atoms with Crippen molar-refractivity contribution in [3.63, 3.8) is 0 Å². The molecule has 2 rings (SSSR count). The van der Waals surface area contributed by atoms with Crippen LogP contribution in [0, 0.1) is 17.8 Å². The second-order valence-corrected chi connectivity index (χ2v) is 5.55. The molecule has 1 aromatic rings. The molecule has 21 heavy (non-hydrogen) atoms. The summed E-state index contributed by atoms with van der Waals surface area (Å²) < 4.78 is 0. The first kappa shape index (κ1) is 15.6. The first-order valence-corrected chi connectivity index (χ1v) is 7.73. The molecular weight excluding hydrogens is 262 g/mol. The molecule has 0 saturated heterocycles. The van der Waals surface area contributed by atoms with Gasteiger partial charge in [0.2, 0.25) is 0 Å². The van der Waals surface area contributed by atoms with Crippen LogP contribution in [0.3, 0.4) is 0 Å². The maximum Gasteiger partial charge on any atom is 0.253 e. The number of hydrogen-bond donors (Lipinski definition) is 1. The van der Waals surface area contributed by atoms with Crippen molar-refractivity contribution in [2.75, 3.05) is 19.7 Å². The molecule has 0 bridgehead atoms. The normalized spacial score (nSPS) is 13.4. The molecule has 1 saturated carbocycles. The van der Waals surface area contributed by atoms with Gasteiger partial charge in [-0.15, -0.1) is 0 Å². The molecule has 0 aromatic heterocycles. The van der Waals surface area contributed by atoms with Crippen molar-refractivity contribution in [3.05, 3.63) is 35.4 Å². The Kier molecular flexibility index (Phi) is 5.83. The fourth-order valence-electron chi connectivity index (χ4n) is 2.29. The summed E-state index contributed by atoms with van der Waals surface area (Å²) in [6.07, 6.45) is 3.94. The highest BCUT2D eigenvalue weighted by Gasteiger charge is 2.26. The summed E-state index contributed by atoms with van der Waals surface area (Å²) in [5.74, 6) is 6.68. The van der Waals surface area contributed by atoms with E-state index in [9.17, 15) is 4.79 Å². The Labute approximate surface area is 127 Å². The fourth-order valence-corrected chi connectivity index (χ4v) is 2.29. The van der Waals surface area contributed by atoms with Crippen LogP contribution in [-0.2, 0) is 0 Å². The second-order valence-electron chi connectivity index (χ2n) is 5.55. The molecule has 3 nitrogen and oxygen atoms in total. The Bertz CT molecular complexity index is 538. The monoisotopic (exact) mass is 285 g/mol. The van der Waals surface area contributed by atoms with Crippen LogP contribution in [0.25, 0.3) is 0 Å². The van der Waals surface area contributed by atoms with Gasteiger partial charge >= 0.3 is 0 Å². The van der Waals surface area contributed by atoms with Crippen LogP contribution in [0.1, 0.15) is 48.5 Å². The zero-order valence-corrected chi connectivity index (χ0v) is 12.6. The molecule has 1 fully saturated rings. The highest BCUT2D eigenvalue weighted by Crippen LogP contribution is 2.30. The van der Waals surface area contributed by atoms with Gasteiger partial charge in [0.05, 0.1) is 6.61 Å². The molecule has 0 radical (unpaired) electrons. The minimum atomic E-state index is 0.0668. The van der Waals surface area contributed by atoms with Crippen LogP contribution in [0.5, 0.6) is 0 Å². The third-order valence-electron chi connectivity index (χ3n) is 3.54. The van der Waals surface area contributed by atoms with E-state index >= 15 is 0 Å². The topological polar surface area (TPSA) is 40.5 Å². The molecular formula is C18H23NO2. The van der Waals surface area contributed by atoms with Crippen molar-refractivity contribution in [2.45, 2.75) is 32.6 Å². The lowest BCUT2D eigenvalue weighted by molar-refractivity contribution is 0.0747. The van der Waals surface area contributed by atoms with E-state index in [-0.39, 0.29) is 12.5 Å². The van der Waals surface area contributed by atoms with Gasteiger partial charge in [0.15, 0.2) is 0 Å². The van der Waals surface area contributed by atoms with E-state index in [4.69, 9.17) is 5.11 Å². The van der Waals surface area contributed by atoms with E-state index in [2.05, 4.69) is 18.8 Å². The molecule has 0 spiro atoms. The van der Waals surface area contributed by atoms with Gasteiger partial charge in [-0.2, -0.15) is 0 Å². The van der Waals surface area contributed by atoms with Crippen molar-refractivity contribution in [2.24, 2.45) is 5.92 Å². The van der Waals surface area contributed by atoms with Crippen LogP contribution in [0.2, 0.25) is 0 Å².